The van der Waals surface area contributed by atoms with Gasteiger partial charge in [0.05, 0.1) is 0 Å². The van der Waals surface area contributed by atoms with Crippen LogP contribution < -0.4 is 5.32 Å². The fraction of sp³-hybridized carbons (Fsp3) is 0.562. The van der Waals surface area contributed by atoms with E-state index in [1.807, 2.05) is 24.1 Å². The third-order valence-electron chi connectivity index (χ3n) is 4.44. The van der Waals surface area contributed by atoms with Gasteiger partial charge in [-0.15, -0.1) is 0 Å². The highest BCUT2D eigenvalue weighted by molar-refractivity contribution is 5.84. The van der Waals surface area contributed by atoms with Crippen molar-refractivity contribution >= 4 is 5.91 Å². The first-order valence-electron chi connectivity index (χ1n) is 7.43. The summed E-state index contributed by atoms with van der Waals surface area (Å²) in [6, 6.07) is 8.39. The molecule has 20 heavy (non-hydrogen) atoms. The number of carbonyl (C=O) groups is 1. The normalized spacial score (nSPS) is 23.1. The lowest BCUT2D eigenvalue weighted by atomic mass is 9.93. The molecule has 4 nitrogen and oxygen atoms in total. The van der Waals surface area contributed by atoms with E-state index in [0.717, 1.165) is 44.6 Å². The molecule has 1 saturated heterocycles. The van der Waals surface area contributed by atoms with Crippen molar-refractivity contribution in [3.63, 3.8) is 0 Å². The van der Waals surface area contributed by atoms with Crippen LogP contribution in [0.4, 0.5) is 0 Å². The van der Waals surface area contributed by atoms with E-state index < -0.39 is 0 Å². The number of hydrogen-bond donors (Lipinski definition) is 1. The monoisotopic (exact) mass is 274 g/mol. The summed E-state index contributed by atoms with van der Waals surface area (Å²) in [5, 5.41) is 3.37. The Morgan fingerprint density at radius 3 is 2.85 bits per heavy atom. The molecule has 2 aliphatic rings. The predicted octanol–water partition coefficient (Wildman–Crippen LogP) is 1.51. The fourth-order valence-corrected chi connectivity index (χ4v) is 3.18. The number of fused-ring (bicyclic) bond motifs is 1. The lowest BCUT2D eigenvalue weighted by Crippen LogP contribution is -2.47. The van der Waals surface area contributed by atoms with E-state index in [1.165, 1.54) is 5.56 Å². The Balaban J connectivity index is 1.77. The highest BCUT2D eigenvalue weighted by Crippen LogP contribution is 2.25. The molecule has 1 amide bonds. The molecule has 2 aliphatic heterocycles. The number of ether oxygens (including phenoxy) is 1. The zero-order chi connectivity index (χ0) is 13.9. The molecule has 1 N–H and O–H groups in total. The van der Waals surface area contributed by atoms with E-state index >= 15 is 0 Å². The molecular weight excluding hydrogens is 252 g/mol. The topological polar surface area (TPSA) is 41.6 Å². The molecule has 1 aromatic rings. The van der Waals surface area contributed by atoms with Gasteiger partial charge in [-0.2, -0.15) is 0 Å². The SMILES string of the molecule is CN(C(=O)C1NCCc2ccccc21)C1CCOCC1. The molecule has 0 saturated carbocycles. The average Bonchev–Trinajstić information content (AvgIpc) is 2.54. The predicted molar refractivity (Wildman–Crippen MR) is 77.5 cm³/mol. The van der Waals surface area contributed by atoms with Crippen LogP contribution in [0.5, 0.6) is 0 Å². The third-order valence-corrected chi connectivity index (χ3v) is 4.44. The lowest BCUT2D eigenvalue weighted by molar-refractivity contribution is -0.136. The first-order valence-corrected chi connectivity index (χ1v) is 7.43. The fourth-order valence-electron chi connectivity index (χ4n) is 3.18. The molecule has 1 atom stereocenters. The Bertz CT molecular complexity index is 483. The first kappa shape index (κ1) is 13.6. The molecular formula is C16H22N2O2. The van der Waals surface area contributed by atoms with Gasteiger partial charge in [0.15, 0.2) is 0 Å². The van der Waals surface area contributed by atoms with Crippen molar-refractivity contribution < 1.29 is 9.53 Å². The minimum atomic E-state index is -0.187. The average molecular weight is 274 g/mol. The first-order chi connectivity index (χ1) is 9.77. The largest absolute Gasteiger partial charge is 0.381 e. The highest BCUT2D eigenvalue weighted by atomic mass is 16.5. The Hall–Kier alpha value is -1.39. The summed E-state index contributed by atoms with van der Waals surface area (Å²) in [4.78, 5) is 14.7. The van der Waals surface area contributed by atoms with Crippen molar-refractivity contribution in [2.45, 2.75) is 31.3 Å². The molecule has 108 valence electrons. The number of benzene rings is 1. The van der Waals surface area contributed by atoms with Crippen molar-refractivity contribution in [1.82, 2.24) is 10.2 Å². The summed E-state index contributed by atoms with van der Waals surface area (Å²) in [5.74, 6) is 0.184. The second-order valence-electron chi connectivity index (χ2n) is 5.63. The van der Waals surface area contributed by atoms with E-state index in [9.17, 15) is 4.79 Å². The van der Waals surface area contributed by atoms with Gasteiger partial charge < -0.3 is 15.0 Å². The van der Waals surface area contributed by atoms with E-state index in [4.69, 9.17) is 4.74 Å². The van der Waals surface area contributed by atoms with Gasteiger partial charge in [0.1, 0.15) is 6.04 Å². The number of hydrogen-bond acceptors (Lipinski definition) is 3. The second-order valence-corrected chi connectivity index (χ2v) is 5.63. The Morgan fingerprint density at radius 1 is 1.30 bits per heavy atom. The van der Waals surface area contributed by atoms with Crippen LogP contribution in [0.25, 0.3) is 0 Å². The van der Waals surface area contributed by atoms with Crippen LogP contribution in [0.15, 0.2) is 24.3 Å². The quantitative estimate of drug-likeness (QED) is 0.889. The van der Waals surface area contributed by atoms with Crippen molar-refractivity contribution in [1.29, 1.82) is 0 Å². The van der Waals surface area contributed by atoms with Crippen LogP contribution in [-0.4, -0.2) is 43.7 Å². The van der Waals surface area contributed by atoms with E-state index in [1.54, 1.807) is 0 Å². The smallest absolute Gasteiger partial charge is 0.244 e. The minimum absolute atomic E-state index is 0.184. The van der Waals surface area contributed by atoms with Crippen molar-refractivity contribution in [3.8, 4) is 0 Å². The highest BCUT2D eigenvalue weighted by Gasteiger charge is 2.31. The van der Waals surface area contributed by atoms with Gasteiger partial charge >= 0.3 is 0 Å². The molecule has 0 spiro atoms. The molecule has 1 fully saturated rings. The van der Waals surface area contributed by atoms with Gasteiger partial charge in [-0.25, -0.2) is 0 Å². The summed E-state index contributed by atoms with van der Waals surface area (Å²) in [6.45, 7) is 2.39. The summed E-state index contributed by atoms with van der Waals surface area (Å²) in [5.41, 5.74) is 2.44. The Labute approximate surface area is 120 Å². The molecule has 0 aromatic heterocycles. The van der Waals surface area contributed by atoms with Crippen molar-refractivity contribution in [2.24, 2.45) is 0 Å². The number of carbonyl (C=O) groups excluding carboxylic acids is 1. The minimum Gasteiger partial charge on any atom is -0.381 e. The van der Waals surface area contributed by atoms with Crippen LogP contribution in [0.3, 0.4) is 0 Å². The van der Waals surface area contributed by atoms with E-state index in [0.29, 0.717) is 6.04 Å². The second kappa shape index (κ2) is 5.94. The summed E-state index contributed by atoms with van der Waals surface area (Å²) in [6.07, 6.45) is 2.88. The summed E-state index contributed by atoms with van der Waals surface area (Å²) < 4.78 is 5.38. The number of likely N-dealkylation sites (N-methyl/N-ethyl adjacent to an activating group) is 1. The standard InChI is InChI=1S/C16H22N2O2/c1-18(13-7-10-20-11-8-13)16(19)15-14-5-3-2-4-12(14)6-9-17-15/h2-5,13,15,17H,6-11H2,1H3. The van der Waals surface area contributed by atoms with Gasteiger partial charge in [0, 0.05) is 32.8 Å². The van der Waals surface area contributed by atoms with Gasteiger partial charge in [0.25, 0.3) is 0 Å². The zero-order valence-electron chi connectivity index (χ0n) is 12.0. The van der Waals surface area contributed by atoms with Gasteiger partial charge in [-0.3, -0.25) is 4.79 Å². The van der Waals surface area contributed by atoms with Crippen molar-refractivity contribution in [3.05, 3.63) is 35.4 Å². The Kier molecular flexibility index (Phi) is 4.03. The van der Waals surface area contributed by atoms with E-state index in [-0.39, 0.29) is 11.9 Å². The molecule has 0 aliphatic carbocycles. The van der Waals surface area contributed by atoms with Crippen LogP contribution in [0, 0.1) is 0 Å². The third kappa shape index (κ3) is 2.58. The zero-order valence-corrected chi connectivity index (χ0v) is 12.0. The number of rotatable bonds is 2. The molecule has 2 heterocycles. The molecule has 1 unspecified atom stereocenters. The lowest BCUT2D eigenvalue weighted by Gasteiger charge is -2.35. The van der Waals surface area contributed by atoms with Crippen LogP contribution in [0.2, 0.25) is 0 Å². The molecule has 4 heteroatoms. The maximum Gasteiger partial charge on any atom is 0.244 e. The van der Waals surface area contributed by atoms with Crippen molar-refractivity contribution in [2.75, 3.05) is 26.8 Å². The summed E-state index contributed by atoms with van der Waals surface area (Å²) in [7, 11) is 1.93. The maximum absolute atomic E-state index is 12.8. The van der Waals surface area contributed by atoms with Crippen LogP contribution in [-0.2, 0) is 16.0 Å². The van der Waals surface area contributed by atoms with Crippen LogP contribution in [0.1, 0.15) is 30.0 Å². The number of nitrogens with zero attached hydrogens (tertiary/aromatic N) is 1. The number of amides is 1. The van der Waals surface area contributed by atoms with Crippen LogP contribution >= 0.6 is 0 Å². The molecule has 0 radical (unpaired) electrons. The number of nitrogens with one attached hydrogen (secondary N) is 1. The molecule has 0 bridgehead atoms. The van der Waals surface area contributed by atoms with Gasteiger partial charge in [-0.1, -0.05) is 24.3 Å². The van der Waals surface area contributed by atoms with Gasteiger partial charge in [0.2, 0.25) is 5.91 Å². The molecule has 1 aromatic carbocycles. The Morgan fingerprint density at radius 2 is 2.05 bits per heavy atom. The van der Waals surface area contributed by atoms with E-state index in [2.05, 4.69) is 17.4 Å². The maximum atomic E-state index is 12.8. The molecule has 3 rings (SSSR count). The summed E-state index contributed by atoms with van der Waals surface area (Å²) >= 11 is 0. The van der Waals surface area contributed by atoms with Gasteiger partial charge in [-0.05, 0) is 30.4 Å².